The van der Waals surface area contributed by atoms with E-state index < -0.39 is 0 Å². The van der Waals surface area contributed by atoms with Crippen LogP contribution in [0.3, 0.4) is 0 Å². The fourth-order valence-corrected chi connectivity index (χ4v) is 6.37. The maximum absolute atomic E-state index is 12.8. The second-order valence-electron chi connectivity index (χ2n) is 9.30. The highest BCUT2D eigenvalue weighted by Crippen LogP contribution is 2.61. The number of nitrogens with zero attached hydrogens (tertiary/aromatic N) is 1. The van der Waals surface area contributed by atoms with Crippen LogP contribution in [-0.4, -0.2) is 24.0 Å². The lowest BCUT2D eigenvalue weighted by Crippen LogP contribution is -2.46. The number of fused-ring (bicyclic) bond motifs is 3. The molecule has 3 aliphatic carbocycles. The second-order valence-corrected chi connectivity index (χ2v) is 9.30. The molecule has 28 heavy (non-hydrogen) atoms. The van der Waals surface area contributed by atoms with E-state index in [9.17, 15) is 4.79 Å². The van der Waals surface area contributed by atoms with E-state index in [1.165, 1.54) is 30.4 Å². The van der Waals surface area contributed by atoms with E-state index >= 15 is 0 Å². The molecule has 0 N–H and O–H groups in total. The molecule has 1 heterocycles. The van der Waals surface area contributed by atoms with Crippen molar-refractivity contribution >= 4 is 5.97 Å². The summed E-state index contributed by atoms with van der Waals surface area (Å²) < 4.78 is 6.13. The van der Waals surface area contributed by atoms with Crippen molar-refractivity contribution in [1.29, 1.82) is 0 Å². The Morgan fingerprint density at radius 3 is 2.89 bits per heavy atom. The predicted octanol–water partition coefficient (Wildman–Crippen LogP) is 5.54. The number of carbonyl (C=O) groups excluding carboxylic acids is 1. The number of carbonyl (C=O) groups is 1. The van der Waals surface area contributed by atoms with Gasteiger partial charge in [0.05, 0.1) is 5.57 Å². The van der Waals surface area contributed by atoms with Gasteiger partial charge in [-0.25, -0.2) is 4.79 Å². The standard InChI is InChI=1S/C25H33NO2/c1-5-7-19-17(2)9-10-21-20(19)13-14-25(3)22(21)11-12-23(25)28-24(27)18-8-6-15-26(4)16-18/h5-7,15-16,20-23H,1-2,8-14H2,3-4H3/b19-7+. The van der Waals surface area contributed by atoms with E-state index in [4.69, 9.17) is 4.74 Å². The van der Waals surface area contributed by atoms with Crippen LogP contribution in [0.1, 0.15) is 51.9 Å². The van der Waals surface area contributed by atoms with Crippen molar-refractivity contribution < 1.29 is 9.53 Å². The topological polar surface area (TPSA) is 29.5 Å². The Labute approximate surface area is 169 Å². The molecule has 0 bridgehead atoms. The zero-order chi connectivity index (χ0) is 19.9. The van der Waals surface area contributed by atoms with Gasteiger partial charge in [0.1, 0.15) is 6.10 Å². The van der Waals surface area contributed by atoms with E-state index in [0.717, 1.165) is 24.8 Å². The normalized spacial score (nSPS) is 38.6. The SMILES string of the molecule is C=C/C=C1\C(=C)CCC2C1CCC1(C)C(OC(=O)C3=CN(C)C=CC3)CCC21. The van der Waals surface area contributed by atoms with Crippen LogP contribution in [-0.2, 0) is 9.53 Å². The maximum atomic E-state index is 12.8. The van der Waals surface area contributed by atoms with Crippen LogP contribution in [0.15, 0.2) is 60.5 Å². The van der Waals surface area contributed by atoms with E-state index in [-0.39, 0.29) is 17.5 Å². The minimum Gasteiger partial charge on any atom is -0.458 e. The summed E-state index contributed by atoms with van der Waals surface area (Å²) in [6.45, 7) is 10.6. The summed E-state index contributed by atoms with van der Waals surface area (Å²) in [7, 11) is 1.95. The molecule has 0 aromatic carbocycles. The lowest BCUT2D eigenvalue weighted by molar-refractivity contribution is -0.153. The molecule has 0 amide bonds. The number of rotatable bonds is 3. The molecule has 0 spiro atoms. The minimum atomic E-state index is -0.130. The van der Waals surface area contributed by atoms with Crippen molar-refractivity contribution in [2.45, 2.75) is 58.0 Å². The summed E-state index contributed by atoms with van der Waals surface area (Å²) in [6, 6.07) is 0. The first-order valence-electron chi connectivity index (χ1n) is 10.7. The Balaban J connectivity index is 1.50. The summed E-state index contributed by atoms with van der Waals surface area (Å²) in [6.07, 6.45) is 17.5. The monoisotopic (exact) mass is 379 g/mol. The van der Waals surface area contributed by atoms with Crippen molar-refractivity contribution in [3.05, 3.63) is 60.5 Å². The van der Waals surface area contributed by atoms with Crippen LogP contribution < -0.4 is 0 Å². The highest BCUT2D eigenvalue weighted by Gasteiger charge is 2.56. The van der Waals surface area contributed by atoms with E-state index in [0.29, 0.717) is 24.2 Å². The molecule has 4 aliphatic rings. The van der Waals surface area contributed by atoms with Crippen LogP contribution in [0.5, 0.6) is 0 Å². The Kier molecular flexibility index (Phi) is 5.11. The largest absolute Gasteiger partial charge is 0.458 e. The molecule has 3 saturated carbocycles. The maximum Gasteiger partial charge on any atom is 0.336 e. The molecule has 5 atom stereocenters. The van der Waals surface area contributed by atoms with Gasteiger partial charge in [-0.2, -0.15) is 0 Å². The Hall–Kier alpha value is -2.03. The number of hydrogen-bond donors (Lipinski definition) is 0. The summed E-state index contributed by atoms with van der Waals surface area (Å²) in [4.78, 5) is 14.7. The van der Waals surface area contributed by atoms with Crippen LogP contribution in [0, 0.1) is 23.2 Å². The van der Waals surface area contributed by atoms with Gasteiger partial charge in [-0.05, 0) is 68.1 Å². The molecule has 3 fully saturated rings. The summed E-state index contributed by atoms with van der Waals surface area (Å²) in [5.41, 5.74) is 3.59. The van der Waals surface area contributed by atoms with E-state index in [1.54, 1.807) is 0 Å². The zero-order valence-corrected chi connectivity index (χ0v) is 17.3. The Morgan fingerprint density at radius 1 is 1.32 bits per heavy atom. The lowest BCUT2D eigenvalue weighted by Gasteiger charge is -2.51. The molecule has 1 aliphatic heterocycles. The van der Waals surface area contributed by atoms with E-state index in [1.807, 2.05) is 36.5 Å². The molecule has 5 unspecified atom stereocenters. The molecule has 4 rings (SSSR count). The molecule has 0 aromatic rings. The molecular formula is C25H33NO2. The van der Waals surface area contributed by atoms with Gasteiger partial charge < -0.3 is 9.64 Å². The summed E-state index contributed by atoms with van der Waals surface area (Å²) in [5.74, 6) is 1.79. The average molecular weight is 380 g/mol. The summed E-state index contributed by atoms with van der Waals surface area (Å²) >= 11 is 0. The predicted molar refractivity (Wildman–Crippen MR) is 113 cm³/mol. The van der Waals surface area contributed by atoms with E-state index in [2.05, 4.69) is 26.2 Å². The number of hydrogen-bond acceptors (Lipinski definition) is 3. The molecule has 0 saturated heterocycles. The first kappa shape index (κ1) is 19.3. The Morgan fingerprint density at radius 2 is 2.14 bits per heavy atom. The van der Waals surface area contributed by atoms with Crippen LogP contribution in [0.4, 0.5) is 0 Å². The van der Waals surface area contributed by atoms with Crippen molar-refractivity contribution in [2.75, 3.05) is 7.05 Å². The molecule has 3 nitrogen and oxygen atoms in total. The zero-order valence-electron chi connectivity index (χ0n) is 17.3. The van der Waals surface area contributed by atoms with Gasteiger partial charge in [0.15, 0.2) is 0 Å². The molecule has 0 aromatic heterocycles. The number of ether oxygens (including phenoxy) is 1. The van der Waals surface area contributed by atoms with Crippen LogP contribution in [0.25, 0.3) is 0 Å². The van der Waals surface area contributed by atoms with Gasteiger partial charge in [0.2, 0.25) is 0 Å². The lowest BCUT2D eigenvalue weighted by atomic mass is 9.54. The Bertz CT molecular complexity index is 773. The fourth-order valence-electron chi connectivity index (χ4n) is 6.37. The second kappa shape index (κ2) is 7.42. The third kappa shape index (κ3) is 3.19. The smallest absolute Gasteiger partial charge is 0.336 e. The quantitative estimate of drug-likeness (QED) is 0.603. The number of esters is 1. The van der Waals surface area contributed by atoms with Gasteiger partial charge in [-0.3, -0.25) is 0 Å². The molecule has 150 valence electrons. The van der Waals surface area contributed by atoms with Crippen molar-refractivity contribution in [2.24, 2.45) is 23.2 Å². The van der Waals surface area contributed by atoms with Crippen LogP contribution >= 0.6 is 0 Å². The fraction of sp³-hybridized carbons (Fsp3) is 0.560. The van der Waals surface area contributed by atoms with Gasteiger partial charge in [0, 0.05) is 25.1 Å². The third-order valence-electron chi connectivity index (χ3n) is 7.78. The summed E-state index contributed by atoms with van der Waals surface area (Å²) in [5, 5.41) is 0. The molecule has 3 heteroatoms. The first-order chi connectivity index (χ1) is 13.4. The molecule has 0 radical (unpaired) electrons. The highest BCUT2D eigenvalue weighted by atomic mass is 16.5. The van der Waals surface area contributed by atoms with Gasteiger partial charge in [-0.15, -0.1) is 0 Å². The third-order valence-corrected chi connectivity index (χ3v) is 7.78. The highest BCUT2D eigenvalue weighted by molar-refractivity contribution is 5.89. The van der Waals surface area contributed by atoms with Gasteiger partial charge in [-0.1, -0.05) is 43.9 Å². The first-order valence-corrected chi connectivity index (χ1v) is 10.7. The minimum absolute atomic E-state index is 0.0417. The average Bonchev–Trinajstić information content (AvgIpc) is 3.00. The van der Waals surface area contributed by atoms with Gasteiger partial charge in [0.25, 0.3) is 0 Å². The van der Waals surface area contributed by atoms with Crippen molar-refractivity contribution in [1.82, 2.24) is 4.90 Å². The van der Waals surface area contributed by atoms with Gasteiger partial charge >= 0.3 is 5.97 Å². The van der Waals surface area contributed by atoms with Crippen LogP contribution in [0.2, 0.25) is 0 Å². The van der Waals surface area contributed by atoms with Crippen molar-refractivity contribution in [3.63, 3.8) is 0 Å². The van der Waals surface area contributed by atoms with Crippen molar-refractivity contribution in [3.8, 4) is 0 Å². The molecular weight excluding hydrogens is 346 g/mol. The number of allylic oxidation sites excluding steroid dienone is 5.